The van der Waals surface area contributed by atoms with Gasteiger partial charge < -0.3 is 0 Å². The van der Waals surface area contributed by atoms with Gasteiger partial charge in [0, 0.05) is 5.56 Å². The van der Waals surface area contributed by atoms with Gasteiger partial charge in [-0.2, -0.15) is 8.42 Å². The molecule has 1 aliphatic rings. The second-order valence-electron chi connectivity index (χ2n) is 7.01. The Kier molecular flexibility index (Phi) is 6.03. The third-order valence-corrected chi connectivity index (χ3v) is 5.73. The zero-order valence-corrected chi connectivity index (χ0v) is 17.3. The van der Waals surface area contributed by atoms with Gasteiger partial charge in [-0.25, -0.2) is 4.99 Å². The molecule has 0 bridgehead atoms. The van der Waals surface area contributed by atoms with Crippen LogP contribution < -0.4 is 0 Å². The van der Waals surface area contributed by atoms with Crippen molar-refractivity contribution in [3.8, 4) is 0 Å². The molecule has 0 fully saturated rings. The van der Waals surface area contributed by atoms with Gasteiger partial charge >= 0.3 is 0 Å². The molecule has 1 aliphatic carbocycles. The number of hydrogen-bond acceptors (Lipinski definition) is 3. The maximum Gasteiger partial charge on any atom is 0.284 e. The second-order valence-corrected chi connectivity index (χ2v) is 8.62. The predicted octanol–water partition coefficient (Wildman–Crippen LogP) is 4.37. The Morgan fingerprint density at radius 2 is 1.48 bits per heavy atom. The fourth-order valence-electron chi connectivity index (χ4n) is 2.85. The highest BCUT2D eigenvalue weighted by atomic mass is 32.2. The summed E-state index contributed by atoms with van der Waals surface area (Å²) < 4.78 is 29.7. The average Bonchev–Trinajstić information content (AvgIpc) is 2.71. The third-order valence-electron chi connectivity index (χ3n) is 4.45. The first-order chi connectivity index (χ1) is 13.8. The molecule has 5 nitrogen and oxygen atoms in total. The summed E-state index contributed by atoms with van der Waals surface area (Å²) in [5.41, 5.74) is 2.42. The van der Waals surface area contributed by atoms with E-state index in [2.05, 4.69) is 9.39 Å². The Morgan fingerprint density at radius 3 is 2.07 bits per heavy atom. The van der Waals surface area contributed by atoms with Gasteiger partial charge in [-0.3, -0.25) is 4.79 Å². The van der Waals surface area contributed by atoms with E-state index in [4.69, 9.17) is 0 Å². The van der Waals surface area contributed by atoms with Crippen LogP contribution >= 0.6 is 0 Å². The molecule has 0 unspecified atom stereocenters. The van der Waals surface area contributed by atoms with Crippen molar-refractivity contribution in [1.82, 2.24) is 0 Å². The van der Waals surface area contributed by atoms with Crippen LogP contribution in [0.3, 0.4) is 0 Å². The topological polar surface area (TPSA) is 75.9 Å². The van der Waals surface area contributed by atoms with E-state index in [9.17, 15) is 13.2 Å². The summed E-state index contributed by atoms with van der Waals surface area (Å²) in [4.78, 5) is 16.8. The lowest BCUT2D eigenvalue weighted by molar-refractivity contribution is -0.111. The highest BCUT2D eigenvalue weighted by molar-refractivity contribution is 7.90. The zero-order valence-electron chi connectivity index (χ0n) is 16.5. The first kappa shape index (κ1) is 20.6. The van der Waals surface area contributed by atoms with Crippen molar-refractivity contribution in [1.29, 1.82) is 0 Å². The summed E-state index contributed by atoms with van der Waals surface area (Å²) in [6.07, 6.45) is 3.25. The molecule has 29 heavy (non-hydrogen) atoms. The minimum absolute atomic E-state index is 0.0461. The van der Waals surface area contributed by atoms with Crippen LogP contribution in [0.2, 0.25) is 0 Å². The number of sulfonamides is 1. The lowest BCUT2D eigenvalue weighted by atomic mass is 9.90. The van der Waals surface area contributed by atoms with E-state index in [1.165, 1.54) is 12.1 Å². The van der Waals surface area contributed by atoms with Gasteiger partial charge in [-0.1, -0.05) is 62.4 Å². The molecule has 0 aromatic heterocycles. The summed E-state index contributed by atoms with van der Waals surface area (Å²) in [5, 5.41) is 0. The molecule has 0 saturated carbocycles. The van der Waals surface area contributed by atoms with E-state index < -0.39 is 10.0 Å². The monoisotopic (exact) mass is 406 g/mol. The van der Waals surface area contributed by atoms with E-state index in [1.54, 1.807) is 61.5 Å². The maximum absolute atomic E-state index is 12.8. The first-order valence-corrected chi connectivity index (χ1v) is 10.7. The Hall–Kier alpha value is -3.12. The first-order valence-electron chi connectivity index (χ1n) is 9.26. The van der Waals surface area contributed by atoms with Crippen LogP contribution in [0.15, 0.2) is 98.2 Å². The predicted molar refractivity (Wildman–Crippen MR) is 116 cm³/mol. The molecule has 0 amide bonds. The molecule has 2 aromatic carbocycles. The molecule has 0 N–H and O–H groups in total. The molecule has 0 radical (unpaired) electrons. The van der Waals surface area contributed by atoms with Crippen LogP contribution in [0.4, 0.5) is 0 Å². The molecule has 0 spiro atoms. The summed E-state index contributed by atoms with van der Waals surface area (Å²) in [5.74, 6) is 0.0574. The van der Waals surface area contributed by atoms with Gasteiger partial charge in [0.2, 0.25) is 0 Å². The molecule has 6 heteroatoms. The molecular formula is C23H22N2O3S. The Morgan fingerprint density at radius 1 is 0.897 bits per heavy atom. The van der Waals surface area contributed by atoms with E-state index in [0.29, 0.717) is 16.8 Å². The third kappa shape index (κ3) is 4.84. The van der Waals surface area contributed by atoms with Crippen LogP contribution in [-0.2, 0) is 14.8 Å². The number of rotatable bonds is 4. The van der Waals surface area contributed by atoms with Crippen LogP contribution in [-0.4, -0.2) is 25.7 Å². The number of allylic oxidation sites excluding steroid dienone is 4. The Labute approximate surface area is 171 Å². The number of ketones is 1. The van der Waals surface area contributed by atoms with Crippen molar-refractivity contribution in [2.75, 3.05) is 0 Å². The minimum Gasteiger partial charge on any atom is -0.290 e. The largest absolute Gasteiger partial charge is 0.290 e. The fraction of sp³-hybridized carbons (Fsp3) is 0.174. The van der Waals surface area contributed by atoms with Gasteiger partial charge in [0.05, 0.1) is 10.6 Å². The number of nitrogens with zero attached hydrogens (tertiary/aromatic N) is 2. The molecular weight excluding hydrogens is 384 g/mol. The van der Waals surface area contributed by atoms with Gasteiger partial charge in [0.1, 0.15) is 0 Å². The average molecular weight is 407 g/mol. The molecule has 3 rings (SSSR count). The fourth-order valence-corrected chi connectivity index (χ4v) is 3.83. The van der Waals surface area contributed by atoms with E-state index >= 15 is 0 Å². The lowest BCUT2D eigenvalue weighted by Gasteiger charge is -2.17. The molecule has 0 saturated heterocycles. The Bertz CT molecular complexity index is 1140. The number of amidine groups is 1. The van der Waals surface area contributed by atoms with Crippen molar-refractivity contribution in [3.05, 3.63) is 89.5 Å². The quantitative estimate of drug-likeness (QED) is 0.430. The number of hydrogen-bond donors (Lipinski definition) is 0. The normalized spacial score (nSPS) is 16.8. The maximum atomic E-state index is 12.8. The SMILES string of the molecule is CC1=CC(=N/C(=N/S(=O)(=O)c2ccccc2)c2ccccc2)C(C(C)C)=CC1=O. The van der Waals surface area contributed by atoms with E-state index in [1.807, 2.05) is 19.9 Å². The Balaban J connectivity index is 2.19. The van der Waals surface area contributed by atoms with Crippen molar-refractivity contribution in [2.45, 2.75) is 25.7 Å². The van der Waals surface area contributed by atoms with Crippen molar-refractivity contribution >= 4 is 27.4 Å². The van der Waals surface area contributed by atoms with Crippen molar-refractivity contribution < 1.29 is 13.2 Å². The highest BCUT2D eigenvalue weighted by Crippen LogP contribution is 2.21. The van der Waals surface area contributed by atoms with E-state index in [-0.39, 0.29) is 22.4 Å². The molecule has 0 atom stereocenters. The van der Waals surface area contributed by atoms with Crippen LogP contribution in [0.1, 0.15) is 26.3 Å². The van der Waals surface area contributed by atoms with Gasteiger partial charge in [0.25, 0.3) is 10.0 Å². The van der Waals surface area contributed by atoms with E-state index in [0.717, 1.165) is 5.57 Å². The number of aliphatic imine (C=N–C) groups is 1. The van der Waals surface area contributed by atoms with Crippen molar-refractivity contribution in [3.63, 3.8) is 0 Å². The number of benzene rings is 2. The van der Waals surface area contributed by atoms with Crippen LogP contribution in [0, 0.1) is 5.92 Å². The number of carbonyl (C=O) groups is 1. The highest BCUT2D eigenvalue weighted by Gasteiger charge is 2.21. The van der Waals surface area contributed by atoms with Gasteiger partial charge in [-0.15, -0.1) is 4.40 Å². The molecule has 2 aromatic rings. The summed E-state index contributed by atoms with van der Waals surface area (Å²) in [6, 6.07) is 17.0. The summed E-state index contributed by atoms with van der Waals surface area (Å²) in [7, 11) is -3.95. The second kappa shape index (κ2) is 8.49. The lowest BCUT2D eigenvalue weighted by Crippen LogP contribution is -2.18. The van der Waals surface area contributed by atoms with Crippen LogP contribution in [0.25, 0.3) is 0 Å². The summed E-state index contributed by atoms with van der Waals surface area (Å²) >= 11 is 0. The van der Waals surface area contributed by atoms with Crippen molar-refractivity contribution in [2.24, 2.45) is 15.3 Å². The minimum atomic E-state index is -3.95. The number of carbonyl (C=O) groups excluding carboxylic acids is 1. The van der Waals surface area contributed by atoms with Crippen LogP contribution in [0.5, 0.6) is 0 Å². The summed E-state index contributed by atoms with van der Waals surface area (Å²) in [6.45, 7) is 5.64. The van der Waals surface area contributed by atoms with Gasteiger partial charge in [0.15, 0.2) is 11.6 Å². The standard InChI is InChI=1S/C23H22N2O3S/c1-16(2)20-15-22(26)17(3)14-21(20)24-23(18-10-6-4-7-11-18)25-29(27,28)19-12-8-5-9-13-19/h4-16H,1-3H3/b24-21?,25-23+. The zero-order chi connectivity index (χ0) is 21.0. The molecule has 0 heterocycles. The van der Waals surface area contributed by atoms with Gasteiger partial charge in [-0.05, 0) is 48.3 Å². The molecule has 0 aliphatic heterocycles. The smallest absolute Gasteiger partial charge is 0.284 e. The molecule has 148 valence electrons.